The average Bonchev–Trinajstić information content (AvgIpc) is 3.72. The van der Waals surface area contributed by atoms with E-state index in [1.165, 1.54) is 7.05 Å². The first-order chi connectivity index (χ1) is 18.2. The van der Waals surface area contributed by atoms with E-state index in [1.807, 2.05) is 11.8 Å². The molecule has 2 amide bonds. The number of anilines is 2. The Morgan fingerprint density at radius 2 is 1.79 bits per heavy atom. The van der Waals surface area contributed by atoms with E-state index < -0.39 is 31.1 Å². The summed E-state index contributed by atoms with van der Waals surface area (Å²) >= 11 is 0. The molecule has 0 radical (unpaired) electrons. The molecule has 5 rings (SSSR count). The average molecular weight is 544 g/mol. The summed E-state index contributed by atoms with van der Waals surface area (Å²) in [6, 6.07) is 11.0. The van der Waals surface area contributed by atoms with Gasteiger partial charge in [0.1, 0.15) is 27.1 Å². The van der Waals surface area contributed by atoms with E-state index in [1.54, 1.807) is 30.3 Å². The molecule has 9 nitrogen and oxygen atoms in total. The Hall–Kier alpha value is -3.64. The molecule has 0 spiro atoms. The van der Waals surface area contributed by atoms with Gasteiger partial charge in [-0.1, -0.05) is 6.07 Å². The standard InChI is InChI=1S/C26H27F2N5O4S/c1-16-15-37-13-12-33(16)22-14-21(26(10-11-26)38(35,36)23-19(27)4-3-5-20(23)28)31-24(32-22)17-6-8-18(9-7-17)30-25(34)29-2/h3-9,14,16H,10-13,15H2,1-2H3,(H2,29,30,34)/t16-/m0/s1. The van der Waals surface area contributed by atoms with Gasteiger partial charge in [0.05, 0.1) is 24.9 Å². The van der Waals surface area contributed by atoms with E-state index in [9.17, 15) is 22.0 Å². The zero-order valence-electron chi connectivity index (χ0n) is 20.9. The van der Waals surface area contributed by atoms with Gasteiger partial charge >= 0.3 is 6.03 Å². The van der Waals surface area contributed by atoms with Gasteiger partial charge in [0.2, 0.25) is 0 Å². The van der Waals surface area contributed by atoms with Gasteiger partial charge < -0.3 is 20.3 Å². The first kappa shape index (κ1) is 26.0. The monoisotopic (exact) mass is 543 g/mol. The van der Waals surface area contributed by atoms with Gasteiger partial charge in [-0.15, -0.1) is 0 Å². The first-order valence-electron chi connectivity index (χ1n) is 12.2. The number of carbonyl (C=O) groups is 1. The number of aromatic nitrogens is 2. The maximum Gasteiger partial charge on any atom is 0.318 e. The van der Waals surface area contributed by atoms with Crippen LogP contribution >= 0.6 is 0 Å². The van der Waals surface area contributed by atoms with Crippen molar-refractivity contribution in [3.63, 3.8) is 0 Å². The van der Waals surface area contributed by atoms with E-state index in [2.05, 4.69) is 15.6 Å². The highest BCUT2D eigenvalue weighted by Crippen LogP contribution is 2.55. The van der Waals surface area contributed by atoms with E-state index in [0.717, 1.165) is 18.2 Å². The van der Waals surface area contributed by atoms with Crippen molar-refractivity contribution in [1.82, 2.24) is 15.3 Å². The summed E-state index contributed by atoms with van der Waals surface area (Å²) in [6.07, 6.45) is 0.347. The van der Waals surface area contributed by atoms with E-state index in [0.29, 0.717) is 36.8 Å². The Morgan fingerprint density at radius 1 is 1.11 bits per heavy atom. The number of hydrogen-bond donors (Lipinski definition) is 2. The highest BCUT2D eigenvalue weighted by Gasteiger charge is 2.59. The normalized spacial score (nSPS) is 18.6. The largest absolute Gasteiger partial charge is 0.377 e. The molecule has 200 valence electrons. The smallest absolute Gasteiger partial charge is 0.318 e. The minimum Gasteiger partial charge on any atom is -0.377 e. The maximum absolute atomic E-state index is 14.6. The predicted molar refractivity (Wildman–Crippen MR) is 138 cm³/mol. The molecule has 1 saturated carbocycles. The molecular weight excluding hydrogens is 516 g/mol. The molecule has 3 aromatic rings. The van der Waals surface area contributed by atoms with Crippen LogP contribution in [-0.2, 0) is 19.3 Å². The Balaban J connectivity index is 1.62. The fourth-order valence-corrected chi connectivity index (χ4v) is 6.68. The van der Waals surface area contributed by atoms with E-state index >= 15 is 0 Å². The second-order valence-electron chi connectivity index (χ2n) is 9.38. The number of benzene rings is 2. The zero-order valence-corrected chi connectivity index (χ0v) is 21.7. The molecule has 1 atom stereocenters. The van der Waals surface area contributed by atoms with Crippen molar-refractivity contribution >= 4 is 27.4 Å². The molecule has 1 saturated heterocycles. The summed E-state index contributed by atoms with van der Waals surface area (Å²) in [6.45, 7) is 3.45. The molecule has 1 aliphatic heterocycles. The molecule has 1 aliphatic carbocycles. The molecule has 2 aromatic carbocycles. The van der Waals surface area contributed by atoms with Crippen molar-refractivity contribution < 1.29 is 26.7 Å². The SMILES string of the molecule is CNC(=O)Nc1ccc(-c2nc(N3CCOC[C@@H]3C)cc(C3(S(=O)(=O)c4c(F)cccc4F)CC3)n2)cc1. The summed E-state index contributed by atoms with van der Waals surface area (Å²) in [4.78, 5) is 22.1. The van der Waals surface area contributed by atoms with Crippen LogP contribution in [0.3, 0.4) is 0 Å². The number of amides is 2. The molecule has 12 heteroatoms. The summed E-state index contributed by atoms with van der Waals surface area (Å²) in [5.41, 5.74) is 1.32. The number of hydrogen-bond acceptors (Lipinski definition) is 7. The van der Waals surface area contributed by atoms with Crippen molar-refractivity contribution in [3.8, 4) is 11.4 Å². The third kappa shape index (κ3) is 4.58. The Bertz CT molecular complexity index is 1460. The van der Waals surface area contributed by atoms with Crippen molar-refractivity contribution in [2.24, 2.45) is 0 Å². The fourth-order valence-electron chi connectivity index (χ4n) is 4.62. The van der Waals surface area contributed by atoms with Gasteiger partial charge in [0.15, 0.2) is 15.7 Å². The first-order valence-corrected chi connectivity index (χ1v) is 13.7. The second kappa shape index (κ2) is 9.91. The molecule has 2 fully saturated rings. The quantitative estimate of drug-likeness (QED) is 0.485. The van der Waals surface area contributed by atoms with Crippen LogP contribution in [0.15, 0.2) is 53.4 Å². The van der Waals surface area contributed by atoms with Gasteiger partial charge in [-0.25, -0.2) is 32.0 Å². The molecule has 2 aliphatic rings. The zero-order chi connectivity index (χ0) is 27.1. The lowest BCUT2D eigenvalue weighted by molar-refractivity contribution is 0.0985. The molecular formula is C26H27F2N5O4S. The van der Waals surface area contributed by atoms with Gasteiger partial charge in [0, 0.05) is 30.9 Å². The number of nitrogens with one attached hydrogen (secondary N) is 2. The van der Waals surface area contributed by atoms with Crippen LogP contribution in [0, 0.1) is 11.6 Å². The van der Waals surface area contributed by atoms with Gasteiger partial charge in [-0.2, -0.15) is 0 Å². The van der Waals surface area contributed by atoms with Crippen LogP contribution in [0.5, 0.6) is 0 Å². The maximum atomic E-state index is 14.6. The Kier molecular flexibility index (Phi) is 6.78. The van der Waals surface area contributed by atoms with Crippen LogP contribution < -0.4 is 15.5 Å². The molecule has 2 N–H and O–H groups in total. The van der Waals surface area contributed by atoms with Crippen LogP contribution in [0.1, 0.15) is 25.5 Å². The lowest BCUT2D eigenvalue weighted by Gasteiger charge is -2.34. The number of sulfone groups is 1. The number of nitrogens with zero attached hydrogens (tertiary/aromatic N) is 3. The number of morpholine rings is 1. The van der Waals surface area contributed by atoms with Crippen molar-refractivity contribution in [2.75, 3.05) is 37.0 Å². The summed E-state index contributed by atoms with van der Waals surface area (Å²) in [5, 5.41) is 5.14. The van der Waals surface area contributed by atoms with Crippen LogP contribution in [-0.4, -0.2) is 57.3 Å². The van der Waals surface area contributed by atoms with Crippen LogP contribution in [0.4, 0.5) is 25.1 Å². The second-order valence-corrected chi connectivity index (χ2v) is 11.6. The summed E-state index contributed by atoms with van der Waals surface area (Å²) in [5.74, 6) is -1.50. The highest BCUT2D eigenvalue weighted by molar-refractivity contribution is 7.92. The highest BCUT2D eigenvalue weighted by atomic mass is 32.2. The molecule has 1 aromatic heterocycles. The van der Waals surface area contributed by atoms with E-state index in [-0.39, 0.29) is 36.4 Å². The number of halogens is 2. The number of carbonyl (C=O) groups excluding carboxylic acids is 1. The van der Waals surface area contributed by atoms with Crippen LogP contribution in [0.25, 0.3) is 11.4 Å². The molecule has 2 heterocycles. The topological polar surface area (TPSA) is 114 Å². The Labute approximate surface area is 219 Å². The number of urea groups is 1. The molecule has 0 unspecified atom stereocenters. The van der Waals surface area contributed by atoms with Gasteiger partial charge in [-0.3, -0.25) is 0 Å². The Morgan fingerprint density at radius 3 is 2.39 bits per heavy atom. The van der Waals surface area contributed by atoms with Gasteiger partial charge in [0.25, 0.3) is 0 Å². The lowest BCUT2D eigenvalue weighted by Crippen LogP contribution is -2.44. The van der Waals surface area contributed by atoms with E-state index in [4.69, 9.17) is 9.72 Å². The number of rotatable bonds is 6. The fraction of sp³-hybridized carbons (Fsp3) is 0.346. The summed E-state index contributed by atoms with van der Waals surface area (Å²) < 4.78 is 60.7. The van der Waals surface area contributed by atoms with Gasteiger partial charge in [-0.05, 0) is 56.2 Å². The van der Waals surface area contributed by atoms with Crippen molar-refractivity contribution in [3.05, 3.63) is 65.9 Å². The van der Waals surface area contributed by atoms with Crippen LogP contribution in [0.2, 0.25) is 0 Å². The summed E-state index contributed by atoms with van der Waals surface area (Å²) in [7, 11) is -2.96. The molecule has 0 bridgehead atoms. The van der Waals surface area contributed by atoms with Crippen molar-refractivity contribution in [1.29, 1.82) is 0 Å². The van der Waals surface area contributed by atoms with Crippen molar-refractivity contribution in [2.45, 2.75) is 35.4 Å². The lowest BCUT2D eigenvalue weighted by atomic mass is 10.1. The molecule has 38 heavy (non-hydrogen) atoms. The minimum absolute atomic E-state index is 0.0331. The minimum atomic E-state index is -4.46. The predicted octanol–water partition coefficient (Wildman–Crippen LogP) is 3.86. The number of ether oxygens (including phenoxy) is 1. The third-order valence-corrected chi connectivity index (χ3v) is 9.45. The third-order valence-electron chi connectivity index (χ3n) is 6.88.